The summed E-state index contributed by atoms with van der Waals surface area (Å²) in [4.78, 5) is 24.2. The lowest BCUT2D eigenvalue weighted by Gasteiger charge is -2.20. The number of ether oxygens (including phenoxy) is 1. The number of nitrogens with one attached hydrogen (secondary N) is 1. The number of halogens is 2. The van der Waals surface area contributed by atoms with E-state index in [0.29, 0.717) is 0 Å². The highest BCUT2D eigenvalue weighted by molar-refractivity contribution is 8.00. The fourth-order valence-corrected chi connectivity index (χ4v) is 2.98. The van der Waals surface area contributed by atoms with Crippen molar-refractivity contribution in [3.8, 4) is 0 Å². The lowest BCUT2D eigenvalue weighted by molar-refractivity contribution is -0.144. The number of anilines is 1. The third-order valence-corrected chi connectivity index (χ3v) is 5.01. The Morgan fingerprint density at radius 3 is 2.19 bits per heavy atom. The maximum Gasteiger partial charge on any atom is 0.319 e. The van der Waals surface area contributed by atoms with Gasteiger partial charge in [0.25, 0.3) is 0 Å². The summed E-state index contributed by atoms with van der Waals surface area (Å²) in [5.74, 6) is -2.71. The predicted octanol–water partition coefficient (Wildman–Crippen LogP) is 4.88. The third-order valence-electron chi connectivity index (χ3n) is 3.45. The van der Waals surface area contributed by atoms with Crippen LogP contribution in [0.5, 0.6) is 0 Å². The molecule has 0 saturated carbocycles. The van der Waals surface area contributed by atoms with Gasteiger partial charge < -0.3 is 10.1 Å². The molecule has 1 unspecified atom stereocenters. The van der Waals surface area contributed by atoms with Gasteiger partial charge in [0.2, 0.25) is 5.91 Å². The third kappa shape index (κ3) is 6.59. The van der Waals surface area contributed by atoms with Crippen LogP contribution in [0.1, 0.15) is 41.5 Å². The number of rotatable bonds is 8. The van der Waals surface area contributed by atoms with Crippen LogP contribution in [0, 0.1) is 29.4 Å². The van der Waals surface area contributed by atoms with Gasteiger partial charge >= 0.3 is 5.97 Å². The van der Waals surface area contributed by atoms with Crippen molar-refractivity contribution >= 4 is 29.3 Å². The molecular weight excluding hydrogens is 360 g/mol. The molecule has 7 heteroatoms. The van der Waals surface area contributed by atoms with Gasteiger partial charge in [-0.05, 0) is 17.9 Å². The van der Waals surface area contributed by atoms with Crippen molar-refractivity contribution in [3.63, 3.8) is 0 Å². The van der Waals surface area contributed by atoms with E-state index in [0.717, 1.165) is 17.8 Å². The first-order valence-corrected chi connectivity index (χ1v) is 9.54. The van der Waals surface area contributed by atoms with Crippen molar-refractivity contribution in [2.45, 2.75) is 51.7 Å². The van der Waals surface area contributed by atoms with Crippen LogP contribution < -0.4 is 5.32 Å². The molecule has 0 heterocycles. The lowest BCUT2D eigenvalue weighted by atomic mass is 10.1. The van der Waals surface area contributed by atoms with Gasteiger partial charge in [0.1, 0.15) is 16.9 Å². The van der Waals surface area contributed by atoms with E-state index in [4.69, 9.17) is 4.74 Å². The molecule has 1 aromatic carbocycles. The smallest absolute Gasteiger partial charge is 0.319 e. The normalized spacial score (nSPS) is 12.6. The van der Waals surface area contributed by atoms with Gasteiger partial charge in [0.05, 0.1) is 12.3 Å². The number of hydrogen-bond acceptors (Lipinski definition) is 4. The standard InChI is InChI=1S/C19H27F2NO3S/c1-10(2)9-25-19(24)17(11(3)4)26-16-8-15(13(20)7-14(16)21)22-18(23)12(5)6/h7-8,10-12,17H,9H2,1-6H3,(H,22,23). The van der Waals surface area contributed by atoms with E-state index in [2.05, 4.69) is 5.32 Å². The van der Waals surface area contributed by atoms with Gasteiger partial charge in [-0.25, -0.2) is 8.78 Å². The number of carbonyl (C=O) groups excluding carboxylic acids is 2. The minimum absolute atomic E-state index is 0.0886. The van der Waals surface area contributed by atoms with E-state index >= 15 is 0 Å². The molecule has 26 heavy (non-hydrogen) atoms. The second-order valence-corrected chi connectivity index (χ2v) is 8.40. The summed E-state index contributed by atoms with van der Waals surface area (Å²) in [6.07, 6.45) is 0. The Hall–Kier alpha value is -1.63. The van der Waals surface area contributed by atoms with Crippen LogP contribution in [0.25, 0.3) is 0 Å². The Kier molecular flexibility index (Phi) is 8.53. The van der Waals surface area contributed by atoms with Crippen molar-refractivity contribution < 1.29 is 23.1 Å². The minimum Gasteiger partial charge on any atom is -0.465 e. The average molecular weight is 387 g/mol. The van der Waals surface area contributed by atoms with Gasteiger partial charge in [-0.15, -0.1) is 11.8 Å². The monoisotopic (exact) mass is 387 g/mol. The van der Waals surface area contributed by atoms with E-state index in [9.17, 15) is 18.4 Å². The molecule has 0 aliphatic carbocycles. The van der Waals surface area contributed by atoms with E-state index in [1.165, 1.54) is 6.07 Å². The number of thioether (sulfide) groups is 1. The first kappa shape index (κ1) is 22.4. The van der Waals surface area contributed by atoms with Crippen molar-refractivity contribution in [2.24, 2.45) is 17.8 Å². The van der Waals surface area contributed by atoms with Crippen molar-refractivity contribution in [1.29, 1.82) is 0 Å². The first-order chi connectivity index (χ1) is 12.0. The van der Waals surface area contributed by atoms with E-state index in [-0.39, 0.29) is 40.9 Å². The Morgan fingerprint density at radius 1 is 1.08 bits per heavy atom. The largest absolute Gasteiger partial charge is 0.465 e. The highest BCUT2D eigenvalue weighted by Crippen LogP contribution is 2.34. The number of hydrogen-bond donors (Lipinski definition) is 1. The maximum atomic E-state index is 14.2. The van der Waals surface area contributed by atoms with Crippen LogP contribution in [0.3, 0.4) is 0 Å². The molecule has 0 aliphatic rings. The van der Waals surface area contributed by atoms with Gasteiger partial charge in [-0.2, -0.15) is 0 Å². The Bertz CT molecular complexity index is 648. The molecule has 1 amide bonds. The summed E-state index contributed by atoms with van der Waals surface area (Å²) in [6.45, 7) is 11.1. The van der Waals surface area contributed by atoms with E-state index in [1.54, 1.807) is 13.8 Å². The Balaban J connectivity index is 3.04. The molecule has 0 aromatic heterocycles. The predicted molar refractivity (Wildman–Crippen MR) is 100 cm³/mol. The highest BCUT2D eigenvalue weighted by atomic mass is 32.2. The lowest BCUT2D eigenvalue weighted by Crippen LogP contribution is -2.27. The zero-order valence-electron chi connectivity index (χ0n) is 16.1. The number of carbonyl (C=O) groups is 2. The van der Waals surface area contributed by atoms with Crippen LogP contribution >= 0.6 is 11.8 Å². The molecule has 4 nitrogen and oxygen atoms in total. The van der Waals surface area contributed by atoms with Crippen LogP contribution in [0.15, 0.2) is 17.0 Å². The fraction of sp³-hybridized carbons (Fsp3) is 0.579. The fourth-order valence-electron chi connectivity index (χ4n) is 1.92. The molecule has 0 spiro atoms. The highest BCUT2D eigenvalue weighted by Gasteiger charge is 2.27. The van der Waals surface area contributed by atoms with Crippen LogP contribution in [-0.4, -0.2) is 23.7 Å². The zero-order chi connectivity index (χ0) is 20.0. The molecule has 0 bridgehead atoms. The first-order valence-electron chi connectivity index (χ1n) is 8.66. The van der Waals surface area contributed by atoms with E-state index in [1.807, 2.05) is 27.7 Å². The maximum absolute atomic E-state index is 14.2. The molecular formula is C19H27F2NO3S. The second-order valence-electron chi connectivity index (χ2n) is 7.21. The summed E-state index contributed by atoms with van der Waals surface area (Å²) >= 11 is 0.974. The Labute approximate surface area is 158 Å². The summed E-state index contributed by atoms with van der Waals surface area (Å²) in [5.41, 5.74) is -0.106. The quantitative estimate of drug-likeness (QED) is 0.510. The van der Waals surface area contributed by atoms with Crippen molar-refractivity contribution in [3.05, 3.63) is 23.8 Å². The van der Waals surface area contributed by atoms with Gasteiger partial charge in [-0.1, -0.05) is 41.5 Å². The molecule has 0 saturated heterocycles. The molecule has 1 rings (SSSR count). The molecule has 0 fully saturated rings. The molecule has 146 valence electrons. The summed E-state index contributed by atoms with van der Waals surface area (Å²) in [6, 6.07) is 1.94. The van der Waals surface area contributed by atoms with Gasteiger partial charge in [-0.3, -0.25) is 9.59 Å². The molecule has 1 aromatic rings. The summed E-state index contributed by atoms with van der Waals surface area (Å²) in [5, 5.41) is 1.80. The van der Waals surface area contributed by atoms with Crippen molar-refractivity contribution in [2.75, 3.05) is 11.9 Å². The molecule has 0 radical (unpaired) electrons. The minimum atomic E-state index is -0.857. The molecule has 1 N–H and O–H groups in total. The van der Waals surface area contributed by atoms with Crippen LogP contribution in [0.2, 0.25) is 0 Å². The number of amides is 1. The number of esters is 1. The average Bonchev–Trinajstić information content (AvgIpc) is 2.53. The second kappa shape index (κ2) is 9.90. The summed E-state index contributed by atoms with van der Waals surface area (Å²) < 4.78 is 33.4. The van der Waals surface area contributed by atoms with Crippen LogP contribution in [0.4, 0.5) is 14.5 Å². The van der Waals surface area contributed by atoms with Gasteiger partial charge in [0, 0.05) is 16.9 Å². The van der Waals surface area contributed by atoms with Gasteiger partial charge in [0.15, 0.2) is 0 Å². The van der Waals surface area contributed by atoms with Crippen LogP contribution in [-0.2, 0) is 14.3 Å². The molecule has 1 atom stereocenters. The SMILES string of the molecule is CC(C)COC(=O)C(Sc1cc(NC(=O)C(C)C)c(F)cc1F)C(C)C. The zero-order valence-corrected chi connectivity index (χ0v) is 16.9. The topological polar surface area (TPSA) is 55.4 Å². The summed E-state index contributed by atoms with van der Waals surface area (Å²) in [7, 11) is 0. The van der Waals surface area contributed by atoms with Crippen molar-refractivity contribution in [1.82, 2.24) is 0 Å². The number of benzene rings is 1. The Morgan fingerprint density at radius 2 is 1.69 bits per heavy atom. The van der Waals surface area contributed by atoms with E-state index < -0.39 is 22.9 Å². The molecule has 0 aliphatic heterocycles.